The van der Waals surface area contributed by atoms with E-state index < -0.39 is 0 Å². The Morgan fingerprint density at radius 2 is 1.75 bits per heavy atom. The molecule has 2 N–H and O–H groups in total. The average molecular weight is 343 g/mol. The van der Waals surface area contributed by atoms with Crippen LogP contribution >= 0.6 is 11.6 Å². The number of carbonyl (C=O) groups excluding carboxylic acids is 1. The molecule has 2 aromatic carbocycles. The zero-order valence-corrected chi connectivity index (χ0v) is 14.5. The fourth-order valence-corrected chi connectivity index (χ4v) is 3.55. The second-order valence-corrected chi connectivity index (χ2v) is 6.88. The Kier molecular flexibility index (Phi) is 5.41. The third kappa shape index (κ3) is 4.09. The third-order valence-corrected chi connectivity index (χ3v) is 5.09. The number of amides is 1. The Labute approximate surface area is 148 Å². The predicted molar refractivity (Wildman–Crippen MR) is 98.8 cm³/mol. The molecule has 0 aromatic heterocycles. The van der Waals surface area contributed by atoms with E-state index in [0.29, 0.717) is 19.0 Å². The number of halogens is 1. The number of hydrogen-bond donors (Lipinski definition) is 1. The van der Waals surface area contributed by atoms with Crippen LogP contribution in [0.4, 0.5) is 5.69 Å². The van der Waals surface area contributed by atoms with Crippen molar-refractivity contribution in [3.63, 3.8) is 0 Å². The van der Waals surface area contributed by atoms with Crippen molar-refractivity contribution in [2.45, 2.75) is 44.7 Å². The van der Waals surface area contributed by atoms with Gasteiger partial charge < -0.3 is 10.6 Å². The van der Waals surface area contributed by atoms with Crippen LogP contribution < -0.4 is 5.73 Å². The number of nitrogens with two attached hydrogens (primary N) is 1. The maximum absolute atomic E-state index is 13.0. The van der Waals surface area contributed by atoms with Crippen LogP contribution in [0.1, 0.15) is 36.8 Å². The van der Waals surface area contributed by atoms with Crippen LogP contribution in [-0.2, 0) is 17.8 Å². The van der Waals surface area contributed by atoms with Crippen LogP contribution in [0.15, 0.2) is 48.5 Å². The molecule has 0 atom stereocenters. The summed E-state index contributed by atoms with van der Waals surface area (Å²) in [6, 6.07) is 15.6. The Bertz CT molecular complexity index is 693. The molecule has 4 heteroatoms. The molecule has 0 spiro atoms. The maximum Gasteiger partial charge on any atom is 0.227 e. The van der Waals surface area contributed by atoms with Crippen molar-refractivity contribution < 1.29 is 4.79 Å². The van der Waals surface area contributed by atoms with Gasteiger partial charge in [-0.2, -0.15) is 0 Å². The molecule has 0 heterocycles. The van der Waals surface area contributed by atoms with Crippen LogP contribution in [0.5, 0.6) is 0 Å². The summed E-state index contributed by atoms with van der Waals surface area (Å²) in [6.07, 6.45) is 4.95. The number of anilines is 1. The van der Waals surface area contributed by atoms with Gasteiger partial charge in [0.15, 0.2) is 0 Å². The summed E-state index contributed by atoms with van der Waals surface area (Å²) in [6.45, 7) is 0.581. The van der Waals surface area contributed by atoms with Crippen molar-refractivity contribution in [1.29, 1.82) is 0 Å². The minimum Gasteiger partial charge on any atom is -0.399 e. The van der Waals surface area contributed by atoms with Crippen LogP contribution in [0, 0.1) is 0 Å². The average Bonchev–Trinajstić information content (AvgIpc) is 3.10. The minimum atomic E-state index is 0.159. The molecular formula is C20H23ClN2O. The van der Waals surface area contributed by atoms with Crippen molar-refractivity contribution in [3.05, 3.63) is 64.7 Å². The summed E-state index contributed by atoms with van der Waals surface area (Å²) in [7, 11) is 0. The lowest BCUT2D eigenvalue weighted by Gasteiger charge is -2.29. The zero-order chi connectivity index (χ0) is 16.9. The quantitative estimate of drug-likeness (QED) is 0.817. The lowest BCUT2D eigenvalue weighted by Crippen LogP contribution is -2.39. The summed E-state index contributed by atoms with van der Waals surface area (Å²) < 4.78 is 0. The first-order valence-corrected chi connectivity index (χ1v) is 8.88. The molecule has 1 amide bonds. The topological polar surface area (TPSA) is 46.3 Å². The molecule has 0 radical (unpaired) electrons. The molecular weight excluding hydrogens is 320 g/mol. The zero-order valence-electron chi connectivity index (χ0n) is 13.7. The first-order valence-electron chi connectivity index (χ1n) is 8.51. The number of nitrogens with zero attached hydrogens (tertiary/aromatic N) is 1. The van der Waals surface area contributed by atoms with Gasteiger partial charge in [0.1, 0.15) is 0 Å². The lowest BCUT2D eigenvalue weighted by molar-refractivity contribution is -0.133. The number of hydrogen-bond acceptors (Lipinski definition) is 2. The molecule has 1 aliphatic carbocycles. The Morgan fingerprint density at radius 3 is 2.42 bits per heavy atom. The summed E-state index contributed by atoms with van der Waals surface area (Å²) in [5.74, 6) is 0.159. The normalized spacial score (nSPS) is 14.7. The molecule has 1 saturated carbocycles. The van der Waals surface area contributed by atoms with Gasteiger partial charge in [0, 0.05) is 23.3 Å². The van der Waals surface area contributed by atoms with Gasteiger partial charge in [0.25, 0.3) is 0 Å². The second kappa shape index (κ2) is 7.71. The molecule has 0 unspecified atom stereocenters. The first-order chi connectivity index (χ1) is 11.6. The minimum absolute atomic E-state index is 0.159. The van der Waals surface area contributed by atoms with Gasteiger partial charge in [-0.15, -0.1) is 0 Å². The van der Waals surface area contributed by atoms with Crippen LogP contribution in [0.25, 0.3) is 0 Å². The van der Waals surface area contributed by atoms with Gasteiger partial charge in [0.05, 0.1) is 6.42 Å². The highest BCUT2D eigenvalue weighted by atomic mass is 35.5. The maximum atomic E-state index is 13.0. The van der Waals surface area contributed by atoms with Crippen LogP contribution in [-0.4, -0.2) is 16.8 Å². The van der Waals surface area contributed by atoms with E-state index in [1.165, 1.54) is 12.8 Å². The van der Waals surface area contributed by atoms with Gasteiger partial charge >= 0.3 is 0 Å². The first kappa shape index (κ1) is 16.8. The van der Waals surface area contributed by atoms with E-state index in [1.54, 1.807) is 0 Å². The van der Waals surface area contributed by atoms with Crippen molar-refractivity contribution >= 4 is 23.2 Å². The highest BCUT2D eigenvalue weighted by Gasteiger charge is 2.27. The molecule has 2 aromatic rings. The van der Waals surface area contributed by atoms with Crippen LogP contribution in [0.2, 0.25) is 5.02 Å². The van der Waals surface area contributed by atoms with E-state index in [-0.39, 0.29) is 5.91 Å². The summed E-state index contributed by atoms with van der Waals surface area (Å²) >= 11 is 6.31. The monoisotopic (exact) mass is 342 g/mol. The summed E-state index contributed by atoms with van der Waals surface area (Å²) in [4.78, 5) is 15.0. The fraction of sp³-hybridized carbons (Fsp3) is 0.350. The van der Waals surface area contributed by atoms with Crippen LogP contribution in [0.3, 0.4) is 0 Å². The summed E-state index contributed by atoms with van der Waals surface area (Å²) in [5, 5.41) is 0.723. The van der Waals surface area contributed by atoms with Crippen molar-refractivity contribution in [1.82, 2.24) is 4.90 Å². The summed E-state index contributed by atoms with van der Waals surface area (Å²) in [5.41, 5.74) is 8.45. The largest absolute Gasteiger partial charge is 0.399 e. The molecule has 1 fully saturated rings. The molecule has 3 rings (SSSR count). The molecule has 126 valence electrons. The molecule has 0 saturated heterocycles. The number of benzene rings is 2. The molecule has 3 nitrogen and oxygen atoms in total. The van der Waals surface area contributed by atoms with E-state index >= 15 is 0 Å². The molecule has 1 aliphatic rings. The van der Waals surface area contributed by atoms with Crippen molar-refractivity contribution in [2.24, 2.45) is 0 Å². The highest BCUT2D eigenvalue weighted by Crippen LogP contribution is 2.27. The fourth-order valence-electron chi connectivity index (χ4n) is 3.36. The molecule has 24 heavy (non-hydrogen) atoms. The number of rotatable bonds is 5. The Hall–Kier alpha value is -2.00. The van der Waals surface area contributed by atoms with Crippen molar-refractivity contribution in [3.8, 4) is 0 Å². The van der Waals surface area contributed by atoms with Gasteiger partial charge in [0.2, 0.25) is 5.91 Å². The predicted octanol–water partition coefficient (Wildman–Crippen LogP) is 4.44. The smallest absolute Gasteiger partial charge is 0.227 e. The molecule has 0 aliphatic heterocycles. The Balaban J connectivity index is 1.77. The van der Waals surface area contributed by atoms with E-state index in [9.17, 15) is 4.79 Å². The van der Waals surface area contributed by atoms with E-state index in [0.717, 1.165) is 34.7 Å². The van der Waals surface area contributed by atoms with E-state index in [4.69, 9.17) is 17.3 Å². The number of carbonyl (C=O) groups is 1. The Morgan fingerprint density at radius 1 is 1.08 bits per heavy atom. The number of nitrogen functional groups attached to an aromatic ring is 1. The standard InChI is InChI=1S/C20H23ClN2O/c21-19-8-4-1-5-16(19)14-23(18-6-2-3-7-18)20(24)13-15-9-11-17(22)12-10-15/h1,4-5,8-12,18H,2-3,6-7,13-14,22H2. The molecule has 0 bridgehead atoms. The SMILES string of the molecule is Nc1ccc(CC(=O)N(Cc2ccccc2Cl)C2CCCC2)cc1. The van der Waals surface area contributed by atoms with Crippen molar-refractivity contribution in [2.75, 3.05) is 5.73 Å². The highest BCUT2D eigenvalue weighted by molar-refractivity contribution is 6.31. The third-order valence-electron chi connectivity index (χ3n) is 4.72. The van der Waals surface area contributed by atoms with Gasteiger partial charge in [-0.3, -0.25) is 4.79 Å². The van der Waals surface area contributed by atoms with Gasteiger partial charge in [-0.1, -0.05) is 54.8 Å². The second-order valence-electron chi connectivity index (χ2n) is 6.47. The van der Waals surface area contributed by atoms with E-state index in [1.807, 2.05) is 53.4 Å². The van der Waals surface area contributed by atoms with Gasteiger partial charge in [-0.25, -0.2) is 0 Å². The lowest BCUT2D eigenvalue weighted by atomic mass is 10.1. The van der Waals surface area contributed by atoms with Gasteiger partial charge in [-0.05, 0) is 42.2 Å². The van der Waals surface area contributed by atoms with E-state index in [2.05, 4.69) is 0 Å².